The quantitative estimate of drug-likeness (QED) is 0.726. The van der Waals surface area contributed by atoms with E-state index in [9.17, 15) is 4.39 Å². The summed E-state index contributed by atoms with van der Waals surface area (Å²) in [5, 5.41) is 3.75. The smallest absolute Gasteiger partial charge is 0.177 e. The van der Waals surface area contributed by atoms with Gasteiger partial charge in [0, 0.05) is 0 Å². The maximum absolute atomic E-state index is 13.1. The SMILES string of the molecule is CCC.Cc1ccc(F)c2c(N)noc12. The number of aryl methyl sites for hydroxylation is 1. The molecule has 2 aromatic rings. The molecule has 0 saturated carbocycles. The van der Waals surface area contributed by atoms with Gasteiger partial charge in [-0.25, -0.2) is 4.39 Å². The number of nitrogens with two attached hydrogens (primary N) is 1. The van der Waals surface area contributed by atoms with E-state index >= 15 is 0 Å². The second-order valence-electron chi connectivity index (χ2n) is 3.34. The van der Waals surface area contributed by atoms with Crippen LogP contribution in [-0.4, -0.2) is 5.16 Å². The maximum atomic E-state index is 13.1. The monoisotopic (exact) mass is 210 g/mol. The van der Waals surface area contributed by atoms with E-state index in [0.717, 1.165) is 5.56 Å². The number of halogens is 1. The van der Waals surface area contributed by atoms with Crippen molar-refractivity contribution in [1.29, 1.82) is 0 Å². The van der Waals surface area contributed by atoms with Crippen LogP contribution in [0.5, 0.6) is 0 Å². The van der Waals surface area contributed by atoms with E-state index in [0.29, 0.717) is 5.58 Å². The fourth-order valence-corrected chi connectivity index (χ4v) is 1.16. The van der Waals surface area contributed by atoms with Crippen molar-refractivity contribution in [3.63, 3.8) is 0 Å². The third-order valence-corrected chi connectivity index (χ3v) is 1.80. The Labute approximate surface area is 88.0 Å². The van der Waals surface area contributed by atoms with Crippen LogP contribution in [0, 0.1) is 12.7 Å². The zero-order valence-electron chi connectivity index (χ0n) is 9.17. The molecule has 1 aromatic carbocycles. The molecular formula is C11H15FN2O. The summed E-state index contributed by atoms with van der Waals surface area (Å²) in [6, 6.07) is 2.98. The molecule has 1 heterocycles. The number of benzene rings is 1. The Morgan fingerprint density at radius 2 is 2.00 bits per heavy atom. The van der Waals surface area contributed by atoms with Gasteiger partial charge in [-0.3, -0.25) is 0 Å². The van der Waals surface area contributed by atoms with Gasteiger partial charge in [0.05, 0.1) is 0 Å². The summed E-state index contributed by atoms with van der Waals surface area (Å²) < 4.78 is 17.9. The van der Waals surface area contributed by atoms with E-state index < -0.39 is 5.82 Å². The normalized spacial score (nSPS) is 9.87. The number of anilines is 1. The molecule has 0 aliphatic carbocycles. The second kappa shape index (κ2) is 4.77. The van der Waals surface area contributed by atoms with Gasteiger partial charge >= 0.3 is 0 Å². The summed E-state index contributed by atoms with van der Waals surface area (Å²) in [6.07, 6.45) is 1.25. The van der Waals surface area contributed by atoms with Gasteiger partial charge in [0.25, 0.3) is 0 Å². The Morgan fingerprint density at radius 3 is 2.53 bits per heavy atom. The Bertz CT molecular complexity index is 451. The first-order chi connectivity index (χ1) is 7.11. The summed E-state index contributed by atoms with van der Waals surface area (Å²) >= 11 is 0. The summed E-state index contributed by atoms with van der Waals surface area (Å²) in [5.74, 6) is -0.291. The highest BCUT2D eigenvalue weighted by molar-refractivity contribution is 5.89. The van der Waals surface area contributed by atoms with Gasteiger partial charge in [-0.05, 0) is 18.6 Å². The fraction of sp³-hybridized carbons (Fsp3) is 0.364. The molecule has 2 rings (SSSR count). The fourth-order valence-electron chi connectivity index (χ4n) is 1.16. The molecule has 0 spiro atoms. The van der Waals surface area contributed by atoms with Crippen molar-refractivity contribution in [2.75, 3.05) is 5.73 Å². The summed E-state index contributed by atoms with van der Waals surface area (Å²) in [7, 11) is 0. The van der Waals surface area contributed by atoms with Crippen molar-refractivity contribution in [2.45, 2.75) is 27.2 Å². The zero-order valence-corrected chi connectivity index (χ0v) is 9.17. The average molecular weight is 210 g/mol. The molecule has 0 fully saturated rings. The van der Waals surface area contributed by atoms with E-state index in [1.54, 1.807) is 6.07 Å². The van der Waals surface area contributed by atoms with Gasteiger partial charge in [0.1, 0.15) is 11.2 Å². The van der Waals surface area contributed by atoms with E-state index in [-0.39, 0.29) is 11.2 Å². The van der Waals surface area contributed by atoms with Gasteiger partial charge in [-0.1, -0.05) is 31.5 Å². The number of rotatable bonds is 0. The lowest BCUT2D eigenvalue weighted by Crippen LogP contribution is -1.86. The van der Waals surface area contributed by atoms with Gasteiger partial charge in [0.2, 0.25) is 0 Å². The Kier molecular flexibility index (Phi) is 3.66. The van der Waals surface area contributed by atoms with Crippen LogP contribution in [0.1, 0.15) is 25.8 Å². The van der Waals surface area contributed by atoms with E-state index in [1.807, 2.05) is 6.92 Å². The number of hydrogen-bond donors (Lipinski definition) is 1. The first-order valence-corrected chi connectivity index (χ1v) is 4.91. The molecule has 15 heavy (non-hydrogen) atoms. The Hall–Kier alpha value is -1.58. The number of fused-ring (bicyclic) bond motifs is 1. The lowest BCUT2D eigenvalue weighted by molar-refractivity contribution is 0.458. The standard InChI is InChI=1S/C8H7FN2O.C3H8/c1-4-2-3-5(9)6-7(4)12-11-8(6)10;1-3-2/h2-3H,1H3,(H2,10,11);3H2,1-2H3. The summed E-state index contributed by atoms with van der Waals surface area (Å²) in [5.41, 5.74) is 6.65. The molecule has 2 N–H and O–H groups in total. The number of nitrogen functional groups attached to an aromatic ring is 1. The molecule has 0 unspecified atom stereocenters. The molecule has 0 bridgehead atoms. The number of hydrogen-bond acceptors (Lipinski definition) is 3. The molecule has 0 radical (unpaired) electrons. The molecule has 0 aliphatic rings. The topological polar surface area (TPSA) is 52.0 Å². The highest BCUT2D eigenvalue weighted by Crippen LogP contribution is 2.25. The molecule has 4 heteroatoms. The molecule has 3 nitrogen and oxygen atoms in total. The van der Waals surface area contributed by atoms with Crippen molar-refractivity contribution in [3.8, 4) is 0 Å². The molecule has 0 amide bonds. The first-order valence-electron chi connectivity index (χ1n) is 4.91. The third kappa shape index (κ3) is 2.26. The third-order valence-electron chi connectivity index (χ3n) is 1.80. The summed E-state index contributed by atoms with van der Waals surface area (Å²) in [6.45, 7) is 6.06. The molecule has 1 aromatic heterocycles. The van der Waals surface area contributed by atoms with Crippen LogP contribution < -0.4 is 5.73 Å². The predicted molar refractivity (Wildman–Crippen MR) is 59.1 cm³/mol. The van der Waals surface area contributed by atoms with Crippen LogP contribution >= 0.6 is 0 Å². The van der Waals surface area contributed by atoms with E-state index in [2.05, 4.69) is 19.0 Å². The highest BCUT2D eigenvalue weighted by atomic mass is 19.1. The predicted octanol–water partition coefficient (Wildman–Crippen LogP) is 3.27. The first kappa shape index (κ1) is 11.5. The van der Waals surface area contributed by atoms with Crippen molar-refractivity contribution in [3.05, 3.63) is 23.5 Å². The maximum Gasteiger partial charge on any atom is 0.177 e. The lowest BCUT2D eigenvalue weighted by Gasteiger charge is -1.93. The van der Waals surface area contributed by atoms with Crippen LogP contribution in [0.2, 0.25) is 0 Å². The van der Waals surface area contributed by atoms with Crippen LogP contribution in [0.4, 0.5) is 10.2 Å². The molecule has 0 saturated heterocycles. The highest BCUT2D eigenvalue weighted by Gasteiger charge is 2.11. The van der Waals surface area contributed by atoms with Crippen molar-refractivity contribution in [2.24, 2.45) is 0 Å². The number of nitrogens with zero attached hydrogens (tertiary/aromatic N) is 1. The minimum atomic E-state index is -0.394. The van der Waals surface area contributed by atoms with Crippen molar-refractivity contribution in [1.82, 2.24) is 5.16 Å². The van der Waals surface area contributed by atoms with Crippen LogP contribution in [-0.2, 0) is 0 Å². The van der Waals surface area contributed by atoms with Crippen molar-refractivity contribution < 1.29 is 8.91 Å². The molecular weight excluding hydrogens is 195 g/mol. The average Bonchev–Trinajstić information content (AvgIpc) is 2.57. The van der Waals surface area contributed by atoms with E-state index in [4.69, 9.17) is 10.3 Å². The molecule has 82 valence electrons. The lowest BCUT2D eigenvalue weighted by atomic mass is 10.1. The minimum Gasteiger partial charge on any atom is -0.380 e. The van der Waals surface area contributed by atoms with Crippen LogP contribution in [0.15, 0.2) is 16.7 Å². The van der Waals surface area contributed by atoms with E-state index in [1.165, 1.54) is 12.5 Å². The van der Waals surface area contributed by atoms with Gasteiger partial charge in [-0.2, -0.15) is 0 Å². The van der Waals surface area contributed by atoms with Gasteiger partial charge in [-0.15, -0.1) is 0 Å². The van der Waals surface area contributed by atoms with Crippen molar-refractivity contribution >= 4 is 16.8 Å². The van der Waals surface area contributed by atoms with Crippen LogP contribution in [0.3, 0.4) is 0 Å². The second-order valence-corrected chi connectivity index (χ2v) is 3.34. The zero-order chi connectivity index (χ0) is 11.4. The summed E-state index contributed by atoms with van der Waals surface area (Å²) in [4.78, 5) is 0. The Morgan fingerprint density at radius 1 is 1.40 bits per heavy atom. The largest absolute Gasteiger partial charge is 0.380 e. The Balaban J connectivity index is 0.000000337. The molecule has 0 aliphatic heterocycles. The number of aromatic nitrogens is 1. The van der Waals surface area contributed by atoms with Crippen LogP contribution in [0.25, 0.3) is 11.0 Å². The minimum absolute atomic E-state index is 0.103. The van der Waals surface area contributed by atoms with Gasteiger partial charge in [0.15, 0.2) is 11.4 Å². The van der Waals surface area contributed by atoms with Gasteiger partial charge < -0.3 is 10.3 Å². The molecule has 0 atom stereocenters.